The summed E-state index contributed by atoms with van der Waals surface area (Å²) in [6, 6.07) is 17.3. The first-order chi connectivity index (χ1) is 10.3. The summed E-state index contributed by atoms with van der Waals surface area (Å²) in [6.45, 7) is 1.90. The van der Waals surface area contributed by atoms with Crippen LogP contribution in [0.1, 0.15) is 23.0 Å². The van der Waals surface area contributed by atoms with Crippen molar-refractivity contribution >= 4 is 16.6 Å². The van der Waals surface area contributed by atoms with Gasteiger partial charge >= 0.3 is 0 Å². The maximum atomic E-state index is 11.8. The molecular formula is C18H15NO2. The van der Waals surface area contributed by atoms with Crippen LogP contribution in [-0.4, -0.2) is 10.8 Å². The quantitative estimate of drug-likeness (QED) is 0.676. The molecule has 1 aromatic heterocycles. The van der Waals surface area contributed by atoms with Crippen LogP contribution in [0.3, 0.4) is 0 Å². The monoisotopic (exact) mass is 277 g/mol. The lowest BCUT2D eigenvalue weighted by Gasteiger charge is -2.12. The van der Waals surface area contributed by atoms with E-state index in [1.54, 1.807) is 13.1 Å². The molecule has 104 valence electrons. The Kier molecular flexibility index (Phi) is 3.65. The lowest BCUT2D eigenvalue weighted by Crippen LogP contribution is -2.03. The van der Waals surface area contributed by atoms with Gasteiger partial charge < -0.3 is 4.74 Å². The number of aromatic nitrogens is 1. The number of fused-ring (bicyclic) bond motifs is 1. The van der Waals surface area contributed by atoms with Gasteiger partial charge in [0.25, 0.3) is 0 Å². The van der Waals surface area contributed by atoms with Gasteiger partial charge in [-0.3, -0.25) is 9.78 Å². The number of nitrogens with zero attached hydrogens (tertiary/aromatic N) is 1. The molecule has 0 fully saturated rings. The van der Waals surface area contributed by atoms with Crippen molar-refractivity contribution in [2.75, 3.05) is 0 Å². The molecule has 21 heavy (non-hydrogen) atoms. The number of benzene rings is 2. The Morgan fingerprint density at radius 2 is 1.86 bits per heavy atom. The zero-order valence-corrected chi connectivity index (χ0v) is 11.7. The van der Waals surface area contributed by atoms with Crippen LogP contribution in [0, 0.1) is 0 Å². The van der Waals surface area contributed by atoms with Crippen LogP contribution >= 0.6 is 0 Å². The lowest BCUT2D eigenvalue weighted by atomic mass is 10.0. The molecule has 3 rings (SSSR count). The Labute approximate surface area is 123 Å². The molecule has 0 saturated carbocycles. The second kappa shape index (κ2) is 5.75. The van der Waals surface area contributed by atoms with E-state index in [1.807, 2.05) is 54.6 Å². The summed E-state index contributed by atoms with van der Waals surface area (Å²) < 4.78 is 5.91. The highest BCUT2D eigenvalue weighted by atomic mass is 16.5. The van der Waals surface area contributed by atoms with Crippen molar-refractivity contribution in [2.24, 2.45) is 0 Å². The van der Waals surface area contributed by atoms with Gasteiger partial charge in [0.2, 0.25) is 0 Å². The number of hydrogen-bond acceptors (Lipinski definition) is 3. The molecule has 0 amide bonds. The Morgan fingerprint density at radius 1 is 1.05 bits per heavy atom. The van der Waals surface area contributed by atoms with E-state index in [1.165, 1.54) is 0 Å². The second-order valence-corrected chi connectivity index (χ2v) is 4.83. The largest absolute Gasteiger partial charge is 0.486 e. The Bertz CT molecular complexity index is 782. The minimum Gasteiger partial charge on any atom is -0.486 e. The lowest BCUT2D eigenvalue weighted by molar-refractivity contribution is 0.101. The number of carbonyl (C=O) groups excluding carboxylic acids is 1. The van der Waals surface area contributed by atoms with Crippen LogP contribution < -0.4 is 4.74 Å². The van der Waals surface area contributed by atoms with Crippen LogP contribution in [0.15, 0.2) is 60.8 Å². The molecule has 0 radical (unpaired) electrons. The molecule has 1 heterocycles. The minimum atomic E-state index is -0.00299. The van der Waals surface area contributed by atoms with Crippen molar-refractivity contribution in [1.29, 1.82) is 0 Å². The predicted molar refractivity (Wildman–Crippen MR) is 82.5 cm³/mol. The van der Waals surface area contributed by atoms with Crippen LogP contribution in [0.25, 0.3) is 10.8 Å². The first-order valence-electron chi connectivity index (χ1n) is 6.81. The van der Waals surface area contributed by atoms with Gasteiger partial charge in [-0.25, -0.2) is 0 Å². The molecule has 0 spiro atoms. The number of ketones is 1. The van der Waals surface area contributed by atoms with Gasteiger partial charge in [0.05, 0.1) is 11.3 Å². The molecule has 0 aliphatic carbocycles. The number of Topliss-reactive ketones (excluding diaryl/α,β-unsaturated/α-hetero) is 1. The Balaban J connectivity index is 2.02. The third-order valence-corrected chi connectivity index (χ3v) is 3.35. The van der Waals surface area contributed by atoms with Crippen LogP contribution in [0.5, 0.6) is 5.75 Å². The zero-order chi connectivity index (χ0) is 14.7. The van der Waals surface area contributed by atoms with Crippen molar-refractivity contribution in [2.45, 2.75) is 13.5 Å². The van der Waals surface area contributed by atoms with Crippen LogP contribution in [0.4, 0.5) is 0 Å². The Morgan fingerprint density at radius 3 is 2.62 bits per heavy atom. The summed E-state index contributed by atoms with van der Waals surface area (Å²) in [6.07, 6.45) is 1.73. The van der Waals surface area contributed by atoms with Gasteiger partial charge in [-0.15, -0.1) is 0 Å². The second-order valence-electron chi connectivity index (χ2n) is 4.83. The molecule has 0 aliphatic rings. The number of pyridine rings is 1. The SMILES string of the molecule is CC(=O)c1ccc2ccccc2c1OCc1ccccn1. The van der Waals surface area contributed by atoms with Crippen molar-refractivity contribution in [3.05, 3.63) is 72.1 Å². The predicted octanol–water partition coefficient (Wildman–Crippen LogP) is 4.02. The van der Waals surface area contributed by atoms with Gasteiger partial charge in [0.15, 0.2) is 5.78 Å². The summed E-state index contributed by atoms with van der Waals surface area (Å²) in [7, 11) is 0. The summed E-state index contributed by atoms with van der Waals surface area (Å²) in [5.74, 6) is 0.628. The molecule has 0 unspecified atom stereocenters. The van der Waals surface area contributed by atoms with Crippen molar-refractivity contribution < 1.29 is 9.53 Å². The fourth-order valence-electron chi connectivity index (χ4n) is 2.31. The topological polar surface area (TPSA) is 39.2 Å². The highest BCUT2D eigenvalue weighted by molar-refractivity contribution is 6.03. The molecule has 3 aromatic rings. The van der Waals surface area contributed by atoms with Crippen molar-refractivity contribution in [3.63, 3.8) is 0 Å². The fraction of sp³-hybridized carbons (Fsp3) is 0.111. The standard InChI is InChI=1S/C18H15NO2/c1-13(20)16-10-9-14-6-2-3-8-17(14)18(16)21-12-15-7-4-5-11-19-15/h2-11H,12H2,1H3. The van der Waals surface area contributed by atoms with Gasteiger partial charge in [-0.2, -0.15) is 0 Å². The first-order valence-corrected chi connectivity index (χ1v) is 6.81. The van der Waals surface area contributed by atoms with E-state index in [2.05, 4.69) is 4.98 Å². The third-order valence-electron chi connectivity index (χ3n) is 3.35. The number of rotatable bonds is 4. The normalized spacial score (nSPS) is 10.5. The summed E-state index contributed by atoms with van der Waals surface area (Å²) in [5, 5.41) is 2.00. The molecule has 3 nitrogen and oxygen atoms in total. The van der Waals surface area contributed by atoms with Crippen LogP contribution in [-0.2, 0) is 6.61 Å². The third kappa shape index (κ3) is 2.77. The first kappa shape index (κ1) is 13.3. The van der Waals surface area contributed by atoms with Crippen molar-refractivity contribution in [3.8, 4) is 5.75 Å². The maximum Gasteiger partial charge on any atom is 0.163 e. The summed E-state index contributed by atoms with van der Waals surface area (Å²) in [5.41, 5.74) is 1.43. The highest BCUT2D eigenvalue weighted by Gasteiger charge is 2.12. The van der Waals surface area contributed by atoms with E-state index >= 15 is 0 Å². The van der Waals surface area contributed by atoms with E-state index < -0.39 is 0 Å². The van der Waals surface area contributed by atoms with E-state index in [9.17, 15) is 4.79 Å². The molecule has 2 aromatic carbocycles. The van der Waals surface area contributed by atoms with E-state index in [-0.39, 0.29) is 5.78 Å². The number of carbonyl (C=O) groups is 1. The van der Waals surface area contributed by atoms with Gasteiger partial charge in [-0.05, 0) is 30.5 Å². The molecule has 0 saturated heterocycles. The average Bonchev–Trinajstić information content (AvgIpc) is 2.53. The molecule has 0 bridgehead atoms. The molecule has 0 aliphatic heterocycles. The van der Waals surface area contributed by atoms with Crippen molar-refractivity contribution in [1.82, 2.24) is 4.98 Å². The fourth-order valence-corrected chi connectivity index (χ4v) is 2.31. The zero-order valence-electron chi connectivity index (χ0n) is 11.7. The van der Waals surface area contributed by atoms with Gasteiger partial charge in [0, 0.05) is 11.6 Å². The molecule has 3 heteroatoms. The minimum absolute atomic E-state index is 0.00299. The van der Waals surface area contributed by atoms with Gasteiger partial charge in [-0.1, -0.05) is 36.4 Å². The van der Waals surface area contributed by atoms with E-state index in [0.717, 1.165) is 16.5 Å². The molecular weight excluding hydrogens is 262 g/mol. The van der Waals surface area contributed by atoms with Crippen LogP contribution in [0.2, 0.25) is 0 Å². The smallest absolute Gasteiger partial charge is 0.163 e. The average molecular weight is 277 g/mol. The van der Waals surface area contributed by atoms with Gasteiger partial charge in [0.1, 0.15) is 12.4 Å². The Hall–Kier alpha value is -2.68. The van der Waals surface area contributed by atoms with E-state index in [4.69, 9.17) is 4.74 Å². The molecule has 0 N–H and O–H groups in total. The number of hydrogen-bond donors (Lipinski definition) is 0. The summed E-state index contributed by atoms with van der Waals surface area (Å²) >= 11 is 0. The summed E-state index contributed by atoms with van der Waals surface area (Å²) in [4.78, 5) is 16.1. The molecule has 0 atom stereocenters. The number of ether oxygens (including phenoxy) is 1. The maximum absolute atomic E-state index is 11.8. The highest BCUT2D eigenvalue weighted by Crippen LogP contribution is 2.30. The van der Waals surface area contributed by atoms with E-state index in [0.29, 0.717) is 17.9 Å².